The molecule has 0 aliphatic carbocycles. The van der Waals surface area contributed by atoms with Crippen LogP contribution in [0.4, 0.5) is 13.2 Å². The number of hydrogen-bond acceptors (Lipinski definition) is 1. The molecule has 24 heavy (non-hydrogen) atoms. The Labute approximate surface area is 139 Å². The molecule has 130 valence electrons. The van der Waals surface area contributed by atoms with E-state index in [1.165, 1.54) is 19.9 Å². The zero-order valence-electron chi connectivity index (χ0n) is 14.8. The van der Waals surface area contributed by atoms with E-state index >= 15 is 0 Å². The topological polar surface area (TPSA) is 32.9 Å². The van der Waals surface area contributed by atoms with E-state index in [0.717, 1.165) is 11.3 Å². The first-order chi connectivity index (χ1) is 10.9. The highest BCUT2D eigenvalue weighted by Gasteiger charge is 2.49. The van der Waals surface area contributed by atoms with Crippen LogP contribution >= 0.6 is 0 Å². The number of nitrogens with one attached hydrogen (secondary N) is 1. The third kappa shape index (κ3) is 2.99. The normalized spacial score (nSPS) is 12.5. The maximum absolute atomic E-state index is 13.4. The first-order valence-electron chi connectivity index (χ1n) is 7.75. The molecule has 0 saturated carbocycles. The van der Waals surface area contributed by atoms with Gasteiger partial charge in [-0.15, -0.1) is 0 Å². The summed E-state index contributed by atoms with van der Waals surface area (Å²) in [6, 6.07) is 4.79. The number of pyridine rings is 1. The van der Waals surface area contributed by atoms with Crippen LogP contribution in [0.5, 0.6) is 0 Å². The monoisotopic (exact) mass is 337 g/mol. The lowest BCUT2D eigenvalue weighted by atomic mass is 9.79. The first-order valence-corrected chi connectivity index (χ1v) is 7.75. The molecule has 0 radical (unpaired) electrons. The predicted octanol–water partition coefficient (Wildman–Crippen LogP) is 5.12. The van der Waals surface area contributed by atoms with E-state index in [1.54, 1.807) is 32.9 Å². The van der Waals surface area contributed by atoms with Crippen molar-refractivity contribution in [2.24, 2.45) is 0 Å². The van der Waals surface area contributed by atoms with Gasteiger partial charge in [0.05, 0.1) is 5.41 Å². The molecule has 0 spiro atoms. The number of aryl methyl sites for hydroxylation is 3. The zero-order valence-corrected chi connectivity index (χ0v) is 14.8. The molecule has 0 atom stereocenters. The van der Waals surface area contributed by atoms with E-state index in [2.05, 4.69) is 4.98 Å². The van der Waals surface area contributed by atoms with Crippen LogP contribution in [-0.2, 0) is 5.41 Å². The Bertz CT molecular complexity index is 845. The average Bonchev–Trinajstić information content (AvgIpc) is 2.44. The van der Waals surface area contributed by atoms with Gasteiger partial charge in [0.2, 0.25) is 0 Å². The molecule has 0 aliphatic heterocycles. The van der Waals surface area contributed by atoms with Crippen molar-refractivity contribution in [3.05, 3.63) is 56.4 Å². The number of benzene rings is 1. The van der Waals surface area contributed by atoms with Crippen molar-refractivity contribution in [1.29, 1.82) is 0 Å². The number of halogens is 3. The number of aromatic nitrogens is 1. The number of rotatable bonds is 2. The maximum atomic E-state index is 13.4. The lowest BCUT2D eigenvalue weighted by molar-refractivity contribution is -0.180. The van der Waals surface area contributed by atoms with Crippen molar-refractivity contribution in [3.63, 3.8) is 0 Å². The van der Waals surface area contributed by atoms with Gasteiger partial charge in [0, 0.05) is 28.6 Å². The van der Waals surface area contributed by atoms with Crippen LogP contribution in [0.1, 0.15) is 41.8 Å². The molecule has 1 heterocycles. The second-order valence-electron chi connectivity index (χ2n) is 6.90. The summed E-state index contributed by atoms with van der Waals surface area (Å²) in [5, 5.41) is 0. The SMILES string of the molecule is Cc1cc(C(C)(C)C(F)(F)F)c(C)cc1-c1cc(=O)c(C)c(C)[nH]1. The number of hydrogen-bond donors (Lipinski definition) is 1. The molecule has 0 amide bonds. The van der Waals surface area contributed by atoms with Crippen LogP contribution in [0.15, 0.2) is 23.0 Å². The van der Waals surface area contributed by atoms with E-state index in [-0.39, 0.29) is 11.0 Å². The Hall–Kier alpha value is -2.04. The van der Waals surface area contributed by atoms with E-state index < -0.39 is 11.6 Å². The maximum Gasteiger partial charge on any atom is 0.397 e. The van der Waals surface area contributed by atoms with Crippen LogP contribution in [0.2, 0.25) is 0 Å². The quantitative estimate of drug-likeness (QED) is 0.811. The van der Waals surface area contributed by atoms with E-state index in [4.69, 9.17) is 0 Å². The van der Waals surface area contributed by atoms with Gasteiger partial charge in [-0.1, -0.05) is 6.07 Å². The Morgan fingerprint density at radius 3 is 2.00 bits per heavy atom. The molecule has 2 nitrogen and oxygen atoms in total. The highest BCUT2D eigenvalue weighted by atomic mass is 19.4. The summed E-state index contributed by atoms with van der Waals surface area (Å²) in [6.45, 7) is 9.36. The highest BCUT2D eigenvalue weighted by molar-refractivity contribution is 5.66. The van der Waals surface area contributed by atoms with Crippen molar-refractivity contribution >= 4 is 0 Å². The van der Waals surface area contributed by atoms with Gasteiger partial charge in [-0.2, -0.15) is 13.2 Å². The molecule has 0 unspecified atom stereocenters. The van der Waals surface area contributed by atoms with Crippen LogP contribution < -0.4 is 5.43 Å². The van der Waals surface area contributed by atoms with Gasteiger partial charge in [-0.25, -0.2) is 0 Å². The molecule has 1 aromatic heterocycles. The molecule has 2 aromatic rings. The molecular weight excluding hydrogens is 315 g/mol. The van der Waals surface area contributed by atoms with Crippen LogP contribution in [-0.4, -0.2) is 11.2 Å². The van der Waals surface area contributed by atoms with Crippen LogP contribution in [0.25, 0.3) is 11.3 Å². The zero-order chi connectivity index (χ0) is 18.4. The lowest BCUT2D eigenvalue weighted by Gasteiger charge is -2.30. The van der Waals surface area contributed by atoms with Crippen molar-refractivity contribution in [3.8, 4) is 11.3 Å². The summed E-state index contributed by atoms with van der Waals surface area (Å²) in [5.41, 5.74) is 2.26. The number of alkyl halides is 3. The molecule has 1 aromatic carbocycles. The van der Waals surface area contributed by atoms with Gasteiger partial charge in [0.25, 0.3) is 0 Å². The molecule has 0 bridgehead atoms. The highest BCUT2D eigenvalue weighted by Crippen LogP contribution is 2.43. The van der Waals surface area contributed by atoms with E-state index in [1.807, 2.05) is 6.92 Å². The van der Waals surface area contributed by atoms with Gasteiger partial charge in [-0.05, 0) is 64.3 Å². The smallest absolute Gasteiger partial charge is 0.358 e. The predicted molar refractivity (Wildman–Crippen MR) is 90.5 cm³/mol. The average molecular weight is 337 g/mol. The second kappa shape index (κ2) is 5.80. The Balaban J connectivity index is 2.66. The minimum absolute atomic E-state index is 0.0852. The van der Waals surface area contributed by atoms with E-state index in [9.17, 15) is 18.0 Å². The summed E-state index contributed by atoms with van der Waals surface area (Å²) in [5.74, 6) is 0. The van der Waals surface area contributed by atoms with Gasteiger partial charge >= 0.3 is 6.18 Å². The summed E-state index contributed by atoms with van der Waals surface area (Å²) < 4.78 is 40.1. The second-order valence-corrected chi connectivity index (χ2v) is 6.90. The lowest BCUT2D eigenvalue weighted by Crippen LogP contribution is -2.37. The van der Waals surface area contributed by atoms with Crippen LogP contribution in [0.3, 0.4) is 0 Å². The van der Waals surface area contributed by atoms with Gasteiger partial charge in [-0.3, -0.25) is 4.79 Å². The third-order valence-corrected chi connectivity index (χ3v) is 4.77. The molecule has 1 N–H and O–H groups in total. The molecule has 0 saturated heterocycles. The Morgan fingerprint density at radius 2 is 1.50 bits per heavy atom. The number of H-pyrrole nitrogens is 1. The molecule has 2 rings (SSSR count). The minimum atomic E-state index is -4.33. The fraction of sp³-hybridized carbons (Fsp3) is 0.421. The molecule has 5 heteroatoms. The summed E-state index contributed by atoms with van der Waals surface area (Å²) >= 11 is 0. The van der Waals surface area contributed by atoms with Crippen molar-refractivity contribution < 1.29 is 13.2 Å². The first kappa shape index (κ1) is 18.3. The minimum Gasteiger partial charge on any atom is -0.358 e. The Morgan fingerprint density at radius 1 is 0.917 bits per heavy atom. The number of aromatic amines is 1. The van der Waals surface area contributed by atoms with Crippen molar-refractivity contribution in [2.75, 3.05) is 0 Å². The standard InChI is InChI=1S/C19H22F3NO/c1-10-8-15(18(5,6)19(20,21)22)11(2)7-14(10)16-9-17(24)12(3)13(4)23-16/h7-9H,1-6H3,(H,23,24). The van der Waals surface area contributed by atoms with E-state index in [0.29, 0.717) is 22.4 Å². The van der Waals surface area contributed by atoms with Crippen molar-refractivity contribution in [1.82, 2.24) is 4.98 Å². The van der Waals surface area contributed by atoms with Gasteiger partial charge in [0.1, 0.15) is 0 Å². The largest absolute Gasteiger partial charge is 0.397 e. The third-order valence-electron chi connectivity index (χ3n) is 4.77. The fourth-order valence-electron chi connectivity index (χ4n) is 2.83. The summed E-state index contributed by atoms with van der Waals surface area (Å²) in [7, 11) is 0. The van der Waals surface area contributed by atoms with Gasteiger partial charge in [0.15, 0.2) is 5.43 Å². The summed E-state index contributed by atoms with van der Waals surface area (Å²) in [6.07, 6.45) is -4.33. The Kier molecular flexibility index (Phi) is 4.42. The molecular formula is C19H22F3NO. The van der Waals surface area contributed by atoms with Crippen molar-refractivity contribution in [2.45, 2.75) is 53.1 Å². The van der Waals surface area contributed by atoms with Gasteiger partial charge < -0.3 is 4.98 Å². The van der Waals surface area contributed by atoms with Crippen LogP contribution in [0, 0.1) is 27.7 Å². The summed E-state index contributed by atoms with van der Waals surface area (Å²) in [4.78, 5) is 15.2. The molecule has 0 aliphatic rings. The molecule has 0 fully saturated rings. The fourth-order valence-corrected chi connectivity index (χ4v) is 2.83.